The number of nitrogens with one attached hydrogen (secondary N) is 1. The van der Waals surface area contributed by atoms with Crippen molar-refractivity contribution in [3.8, 4) is 0 Å². The van der Waals surface area contributed by atoms with Crippen LogP contribution in [0.1, 0.15) is 33.1 Å². The first kappa shape index (κ1) is 11.9. The molecule has 0 aromatic rings. The summed E-state index contributed by atoms with van der Waals surface area (Å²) in [6.45, 7) is 4.50. The molecule has 1 unspecified atom stereocenters. The van der Waals surface area contributed by atoms with Gasteiger partial charge in [0, 0.05) is 5.75 Å². The van der Waals surface area contributed by atoms with Crippen molar-refractivity contribution in [2.75, 3.05) is 12.4 Å². The molecule has 3 nitrogen and oxygen atoms in total. The van der Waals surface area contributed by atoms with Gasteiger partial charge in [0.25, 0.3) is 0 Å². The predicted octanol–water partition coefficient (Wildman–Crippen LogP) is 1.77. The third-order valence-electron chi connectivity index (χ3n) is 2.24. The minimum absolute atomic E-state index is 0.0817. The monoisotopic (exact) mass is 217 g/mol. The van der Waals surface area contributed by atoms with Gasteiger partial charge in [-0.3, -0.25) is 10.1 Å². The minimum atomic E-state index is -0.0981. The maximum atomic E-state index is 11.4. The standard InChI is InChI=1S/C10H19NO2S/c1-3-5-6-9-11-8(7-14-9)10(12)13-4-2/h8-9,11H,3-7H2,1-2H3/t8-,9?/m0/s1. The minimum Gasteiger partial charge on any atom is -0.465 e. The molecule has 0 amide bonds. The number of esters is 1. The highest BCUT2D eigenvalue weighted by molar-refractivity contribution is 8.00. The molecular weight excluding hydrogens is 198 g/mol. The maximum Gasteiger partial charge on any atom is 0.324 e. The summed E-state index contributed by atoms with van der Waals surface area (Å²) in [5.41, 5.74) is 0. The van der Waals surface area contributed by atoms with E-state index in [-0.39, 0.29) is 12.0 Å². The van der Waals surface area contributed by atoms with Crippen LogP contribution in [0.2, 0.25) is 0 Å². The molecule has 2 atom stereocenters. The van der Waals surface area contributed by atoms with Gasteiger partial charge in [0.1, 0.15) is 6.04 Å². The maximum absolute atomic E-state index is 11.4. The summed E-state index contributed by atoms with van der Waals surface area (Å²) in [6, 6.07) is -0.0817. The van der Waals surface area contributed by atoms with E-state index in [0.29, 0.717) is 12.0 Å². The molecule has 82 valence electrons. The summed E-state index contributed by atoms with van der Waals surface area (Å²) in [5, 5.41) is 3.75. The van der Waals surface area contributed by atoms with Crippen LogP contribution in [0.4, 0.5) is 0 Å². The first-order valence-corrected chi connectivity index (χ1v) is 6.37. The van der Waals surface area contributed by atoms with Crippen LogP contribution >= 0.6 is 11.8 Å². The third kappa shape index (κ3) is 3.50. The van der Waals surface area contributed by atoms with Gasteiger partial charge in [-0.05, 0) is 13.3 Å². The van der Waals surface area contributed by atoms with Crippen molar-refractivity contribution in [1.29, 1.82) is 0 Å². The van der Waals surface area contributed by atoms with E-state index in [1.165, 1.54) is 12.8 Å². The summed E-state index contributed by atoms with van der Waals surface area (Å²) in [4.78, 5) is 11.4. The topological polar surface area (TPSA) is 38.3 Å². The lowest BCUT2D eigenvalue weighted by atomic mass is 10.2. The first-order valence-electron chi connectivity index (χ1n) is 5.32. The van der Waals surface area contributed by atoms with Gasteiger partial charge in [-0.15, -0.1) is 11.8 Å². The highest BCUT2D eigenvalue weighted by Crippen LogP contribution is 2.23. The summed E-state index contributed by atoms with van der Waals surface area (Å²) in [6.07, 6.45) is 3.58. The largest absolute Gasteiger partial charge is 0.465 e. The Morgan fingerprint density at radius 1 is 1.57 bits per heavy atom. The van der Waals surface area contributed by atoms with Gasteiger partial charge in [-0.25, -0.2) is 0 Å². The summed E-state index contributed by atoms with van der Waals surface area (Å²) in [7, 11) is 0. The third-order valence-corrected chi connectivity index (χ3v) is 3.54. The predicted molar refractivity (Wildman–Crippen MR) is 59.3 cm³/mol. The molecule has 1 aliphatic heterocycles. The Morgan fingerprint density at radius 3 is 3.00 bits per heavy atom. The van der Waals surface area contributed by atoms with E-state index in [0.717, 1.165) is 12.2 Å². The second-order valence-corrected chi connectivity index (χ2v) is 4.67. The van der Waals surface area contributed by atoms with Crippen LogP contribution < -0.4 is 5.32 Å². The number of thioether (sulfide) groups is 1. The van der Waals surface area contributed by atoms with Crippen molar-refractivity contribution in [2.24, 2.45) is 0 Å². The Kier molecular flexibility index (Phi) is 5.33. The highest BCUT2D eigenvalue weighted by Gasteiger charge is 2.29. The molecule has 14 heavy (non-hydrogen) atoms. The zero-order valence-corrected chi connectivity index (χ0v) is 9.73. The van der Waals surface area contributed by atoms with Crippen LogP contribution in [-0.4, -0.2) is 29.7 Å². The second kappa shape index (κ2) is 6.30. The van der Waals surface area contributed by atoms with Gasteiger partial charge in [0.15, 0.2) is 0 Å². The van der Waals surface area contributed by atoms with E-state index in [2.05, 4.69) is 12.2 Å². The molecule has 1 fully saturated rings. The fourth-order valence-corrected chi connectivity index (χ4v) is 2.72. The molecule has 0 aliphatic carbocycles. The van der Waals surface area contributed by atoms with Crippen molar-refractivity contribution < 1.29 is 9.53 Å². The molecule has 0 spiro atoms. The molecule has 1 saturated heterocycles. The Morgan fingerprint density at radius 2 is 2.36 bits per heavy atom. The van der Waals surface area contributed by atoms with Crippen molar-refractivity contribution in [3.05, 3.63) is 0 Å². The quantitative estimate of drug-likeness (QED) is 0.712. The van der Waals surface area contributed by atoms with E-state index in [9.17, 15) is 4.79 Å². The summed E-state index contributed by atoms with van der Waals surface area (Å²) < 4.78 is 4.96. The number of ether oxygens (including phenoxy) is 1. The Labute approximate surface area is 90.0 Å². The lowest BCUT2D eigenvalue weighted by molar-refractivity contribution is -0.144. The zero-order valence-electron chi connectivity index (χ0n) is 8.91. The van der Waals surface area contributed by atoms with Crippen LogP contribution in [0, 0.1) is 0 Å². The summed E-state index contributed by atoms with van der Waals surface area (Å²) in [5.74, 6) is 0.756. The van der Waals surface area contributed by atoms with Crippen molar-refractivity contribution in [1.82, 2.24) is 5.32 Å². The highest BCUT2D eigenvalue weighted by atomic mass is 32.2. The second-order valence-electron chi connectivity index (χ2n) is 3.44. The number of carbonyl (C=O) groups is 1. The smallest absolute Gasteiger partial charge is 0.324 e. The molecule has 0 aromatic carbocycles. The van der Waals surface area contributed by atoms with E-state index in [4.69, 9.17) is 4.74 Å². The average Bonchev–Trinajstić information content (AvgIpc) is 2.63. The molecule has 1 aliphatic rings. The Balaban J connectivity index is 2.22. The van der Waals surface area contributed by atoms with E-state index in [1.807, 2.05) is 18.7 Å². The van der Waals surface area contributed by atoms with Crippen molar-refractivity contribution in [3.63, 3.8) is 0 Å². The lowest BCUT2D eigenvalue weighted by Crippen LogP contribution is -2.37. The van der Waals surface area contributed by atoms with Gasteiger partial charge in [0.2, 0.25) is 0 Å². The SMILES string of the molecule is CCCCC1N[C@H](C(=O)OCC)CS1. The van der Waals surface area contributed by atoms with Crippen LogP contribution in [-0.2, 0) is 9.53 Å². The number of carbonyl (C=O) groups excluding carboxylic acids is 1. The van der Waals surface area contributed by atoms with Gasteiger partial charge in [0.05, 0.1) is 12.0 Å². The van der Waals surface area contributed by atoms with Gasteiger partial charge >= 0.3 is 5.97 Å². The Hall–Kier alpha value is -0.220. The number of unbranched alkanes of at least 4 members (excludes halogenated alkanes) is 1. The average molecular weight is 217 g/mol. The van der Waals surface area contributed by atoms with Crippen LogP contribution in [0.25, 0.3) is 0 Å². The van der Waals surface area contributed by atoms with E-state index >= 15 is 0 Å². The molecule has 1 rings (SSSR count). The normalized spacial score (nSPS) is 26.4. The molecule has 1 N–H and O–H groups in total. The molecule has 0 aromatic heterocycles. The Bertz CT molecular complexity index is 187. The number of hydrogen-bond acceptors (Lipinski definition) is 4. The number of rotatable bonds is 5. The fourth-order valence-electron chi connectivity index (χ4n) is 1.47. The fraction of sp³-hybridized carbons (Fsp3) is 0.900. The van der Waals surface area contributed by atoms with Crippen molar-refractivity contribution >= 4 is 17.7 Å². The molecule has 1 heterocycles. The number of hydrogen-bond donors (Lipinski definition) is 1. The lowest BCUT2D eigenvalue weighted by Gasteiger charge is -2.11. The molecule has 0 radical (unpaired) electrons. The summed E-state index contributed by atoms with van der Waals surface area (Å²) >= 11 is 1.83. The van der Waals surface area contributed by atoms with Crippen LogP contribution in [0.5, 0.6) is 0 Å². The van der Waals surface area contributed by atoms with Crippen LogP contribution in [0.15, 0.2) is 0 Å². The van der Waals surface area contributed by atoms with Gasteiger partial charge < -0.3 is 4.74 Å². The van der Waals surface area contributed by atoms with Gasteiger partial charge in [-0.1, -0.05) is 19.8 Å². The van der Waals surface area contributed by atoms with E-state index < -0.39 is 0 Å². The first-order chi connectivity index (χ1) is 6.77. The zero-order chi connectivity index (χ0) is 10.4. The van der Waals surface area contributed by atoms with Gasteiger partial charge in [-0.2, -0.15) is 0 Å². The van der Waals surface area contributed by atoms with Crippen LogP contribution in [0.3, 0.4) is 0 Å². The van der Waals surface area contributed by atoms with Crippen molar-refractivity contribution in [2.45, 2.75) is 44.5 Å². The molecular formula is C10H19NO2S. The molecule has 4 heteroatoms. The van der Waals surface area contributed by atoms with E-state index in [1.54, 1.807) is 0 Å². The molecule has 0 saturated carbocycles. The molecule has 0 bridgehead atoms.